The third-order valence-electron chi connectivity index (χ3n) is 3.12. The Bertz CT molecular complexity index is 573. The standard InChI is InChI=1S/C16H20NO2Si.Li/c1-18-13-8-9-14-12(10-13)6-5-7-15(14)16(11-17)19-20(2,3)4;/h7-10H,5-6H2,1-4H3;/q-1;+1. The van der Waals surface area contributed by atoms with E-state index < -0.39 is 8.32 Å². The van der Waals surface area contributed by atoms with E-state index in [4.69, 9.17) is 9.16 Å². The average Bonchev–Trinajstić information content (AvgIpc) is 2.42. The van der Waals surface area contributed by atoms with Crippen LogP contribution in [0, 0.1) is 17.4 Å². The Kier molecular flexibility index (Phi) is 6.19. The molecule has 21 heavy (non-hydrogen) atoms. The maximum absolute atomic E-state index is 9.41. The molecule has 1 aromatic carbocycles. The van der Waals surface area contributed by atoms with Gasteiger partial charge in [-0.3, -0.25) is 0 Å². The number of hydrogen-bond acceptors (Lipinski definition) is 3. The fourth-order valence-corrected chi connectivity index (χ4v) is 3.08. The van der Waals surface area contributed by atoms with Crippen molar-refractivity contribution in [2.75, 3.05) is 7.11 Å². The smallest absolute Gasteiger partial charge is 0.497 e. The molecule has 0 aromatic heterocycles. The zero-order valence-electron chi connectivity index (χ0n) is 13.5. The van der Waals surface area contributed by atoms with Crippen LogP contribution in [0.15, 0.2) is 24.3 Å². The number of ether oxygens (including phenoxy) is 1. The van der Waals surface area contributed by atoms with Gasteiger partial charge in [0.2, 0.25) is 0 Å². The quantitative estimate of drug-likeness (QED) is 0.613. The molecule has 0 fully saturated rings. The fraction of sp³-hybridized carbons (Fsp3) is 0.375. The van der Waals surface area contributed by atoms with Gasteiger partial charge in [-0.25, -0.2) is 5.26 Å². The molecule has 106 valence electrons. The zero-order valence-corrected chi connectivity index (χ0v) is 14.5. The van der Waals surface area contributed by atoms with E-state index >= 15 is 0 Å². The van der Waals surface area contributed by atoms with E-state index in [1.807, 2.05) is 18.2 Å². The number of hydrogen-bond donors (Lipinski definition) is 0. The van der Waals surface area contributed by atoms with Crippen molar-refractivity contribution in [2.45, 2.75) is 32.5 Å². The number of methoxy groups -OCH3 is 1. The third kappa shape index (κ3) is 4.43. The van der Waals surface area contributed by atoms with Gasteiger partial charge >= 0.3 is 18.9 Å². The normalized spacial score (nSPS) is 13.4. The second-order valence-electron chi connectivity index (χ2n) is 5.83. The van der Waals surface area contributed by atoms with Crippen LogP contribution in [0.25, 0.3) is 5.57 Å². The van der Waals surface area contributed by atoms with E-state index in [2.05, 4.69) is 31.8 Å². The van der Waals surface area contributed by atoms with E-state index in [-0.39, 0.29) is 18.9 Å². The summed E-state index contributed by atoms with van der Waals surface area (Å²) in [6.07, 6.45) is 4.46. The number of benzene rings is 1. The van der Waals surface area contributed by atoms with Crippen LogP contribution >= 0.6 is 0 Å². The largest absolute Gasteiger partial charge is 1.00 e. The molecule has 0 atom stereocenters. The van der Waals surface area contributed by atoms with Gasteiger partial charge in [-0.1, -0.05) is 12.0 Å². The molecule has 0 N–H and O–H groups in total. The van der Waals surface area contributed by atoms with Crippen LogP contribution in [0.3, 0.4) is 0 Å². The SMILES string of the molecule is COc1ccc2c(c1)CCC=C2[C-](C#N)O[Si](C)(C)C.[Li+]. The molecule has 0 saturated heterocycles. The van der Waals surface area contributed by atoms with Crippen molar-refractivity contribution in [3.8, 4) is 11.8 Å². The number of allylic oxidation sites excluding steroid dienone is 1. The molecule has 0 spiro atoms. The summed E-state index contributed by atoms with van der Waals surface area (Å²) in [5.41, 5.74) is 3.24. The number of fused-ring (bicyclic) bond motifs is 1. The number of rotatable bonds is 4. The molecule has 0 heterocycles. The van der Waals surface area contributed by atoms with Crippen LogP contribution in [0.5, 0.6) is 5.75 Å². The summed E-state index contributed by atoms with van der Waals surface area (Å²) in [4.78, 5) is 0. The molecule has 0 unspecified atom stereocenters. The summed E-state index contributed by atoms with van der Waals surface area (Å²) in [5, 5.41) is 9.41. The molecule has 1 aliphatic rings. The van der Waals surface area contributed by atoms with E-state index in [9.17, 15) is 5.26 Å². The number of nitrogens with zero attached hydrogens (tertiary/aromatic N) is 1. The number of aryl methyl sites for hydroxylation is 1. The van der Waals surface area contributed by atoms with Gasteiger partial charge in [-0.05, 0) is 38.2 Å². The molecule has 0 radical (unpaired) electrons. The molecule has 0 amide bonds. The van der Waals surface area contributed by atoms with Gasteiger partial charge in [0, 0.05) is 6.10 Å². The molecular weight excluding hydrogens is 273 g/mol. The van der Waals surface area contributed by atoms with Gasteiger partial charge in [0.25, 0.3) is 0 Å². The summed E-state index contributed by atoms with van der Waals surface area (Å²) >= 11 is 0. The van der Waals surface area contributed by atoms with E-state index in [0.717, 1.165) is 29.7 Å². The van der Waals surface area contributed by atoms with Crippen LogP contribution in [0.2, 0.25) is 19.6 Å². The molecule has 2 rings (SSSR count). The van der Waals surface area contributed by atoms with Crippen molar-refractivity contribution in [3.05, 3.63) is 41.5 Å². The van der Waals surface area contributed by atoms with Crippen molar-refractivity contribution in [1.82, 2.24) is 0 Å². The van der Waals surface area contributed by atoms with E-state index in [1.54, 1.807) is 7.11 Å². The summed E-state index contributed by atoms with van der Waals surface area (Å²) in [7, 11) is -0.120. The maximum Gasteiger partial charge on any atom is 1.00 e. The molecule has 1 aliphatic carbocycles. The zero-order chi connectivity index (χ0) is 14.8. The summed E-state index contributed by atoms with van der Waals surface area (Å²) in [6.45, 7) is 6.26. The van der Waals surface area contributed by atoms with Gasteiger partial charge in [0.1, 0.15) is 5.75 Å². The Morgan fingerprint density at radius 2 is 2.00 bits per heavy atom. The number of nitriles is 1. The van der Waals surface area contributed by atoms with E-state index in [1.165, 1.54) is 5.56 Å². The first-order chi connectivity index (χ1) is 9.44. The minimum Gasteiger partial charge on any atom is -0.497 e. The monoisotopic (exact) mass is 293 g/mol. The molecule has 5 heteroatoms. The van der Waals surface area contributed by atoms with Gasteiger partial charge in [-0.2, -0.15) is 6.08 Å². The first-order valence-corrected chi connectivity index (χ1v) is 10.2. The molecule has 0 aliphatic heterocycles. The van der Waals surface area contributed by atoms with Crippen LogP contribution in [-0.2, 0) is 10.8 Å². The molecule has 0 saturated carbocycles. The van der Waals surface area contributed by atoms with Gasteiger partial charge in [0.15, 0.2) is 8.32 Å². The van der Waals surface area contributed by atoms with Crippen LogP contribution < -0.4 is 23.6 Å². The third-order valence-corrected chi connectivity index (χ3v) is 3.94. The Morgan fingerprint density at radius 1 is 1.29 bits per heavy atom. The summed E-state index contributed by atoms with van der Waals surface area (Å²) < 4.78 is 11.2. The topological polar surface area (TPSA) is 42.2 Å². The van der Waals surface area contributed by atoms with Crippen molar-refractivity contribution in [2.24, 2.45) is 0 Å². The minimum absolute atomic E-state index is 0. The second-order valence-corrected chi connectivity index (χ2v) is 10.3. The molecule has 3 nitrogen and oxygen atoms in total. The first kappa shape index (κ1) is 17.9. The Morgan fingerprint density at radius 3 is 2.57 bits per heavy atom. The van der Waals surface area contributed by atoms with Gasteiger partial charge in [-0.15, -0.1) is 17.2 Å². The van der Waals surface area contributed by atoms with Gasteiger partial charge in [0.05, 0.1) is 13.2 Å². The van der Waals surface area contributed by atoms with Gasteiger partial charge < -0.3 is 9.16 Å². The Hall–Kier alpha value is -1.11. The Balaban J connectivity index is 0.00000220. The minimum atomic E-state index is -1.79. The fourth-order valence-electron chi connectivity index (χ4n) is 2.31. The Labute approximate surface area is 140 Å². The maximum atomic E-state index is 9.41. The second kappa shape index (κ2) is 7.25. The first-order valence-electron chi connectivity index (χ1n) is 6.78. The molecule has 1 aromatic rings. The van der Waals surface area contributed by atoms with Crippen molar-refractivity contribution in [1.29, 1.82) is 5.26 Å². The average molecular weight is 293 g/mol. The summed E-state index contributed by atoms with van der Waals surface area (Å²) in [5.74, 6) is 0.856. The van der Waals surface area contributed by atoms with Crippen molar-refractivity contribution >= 4 is 13.9 Å². The van der Waals surface area contributed by atoms with Crippen LogP contribution in [-0.4, -0.2) is 15.4 Å². The van der Waals surface area contributed by atoms with E-state index in [0.29, 0.717) is 6.10 Å². The van der Waals surface area contributed by atoms with Crippen LogP contribution in [0.4, 0.5) is 0 Å². The van der Waals surface area contributed by atoms with Crippen molar-refractivity contribution < 1.29 is 28.0 Å². The molecule has 0 bridgehead atoms. The molecular formula is C16H20LiNO2Si. The van der Waals surface area contributed by atoms with Crippen LogP contribution in [0.1, 0.15) is 17.5 Å². The predicted molar refractivity (Wildman–Crippen MR) is 82.6 cm³/mol. The summed E-state index contributed by atoms with van der Waals surface area (Å²) in [6, 6.07) is 8.22. The van der Waals surface area contributed by atoms with Crippen molar-refractivity contribution in [3.63, 3.8) is 0 Å². The predicted octanol–water partition coefficient (Wildman–Crippen LogP) is 0.936.